The van der Waals surface area contributed by atoms with E-state index >= 15 is 0 Å². The van der Waals surface area contributed by atoms with E-state index < -0.39 is 5.82 Å². The van der Waals surface area contributed by atoms with E-state index in [1.165, 1.54) is 25.3 Å². The Labute approximate surface area is 119 Å². The van der Waals surface area contributed by atoms with Crippen molar-refractivity contribution in [2.24, 2.45) is 17.1 Å². The molecule has 1 atom stereocenters. The quantitative estimate of drug-likeness (QED) is 0.872. The number of methoxy groups -OCH3 is 1. The molecule has 0 aliphatic carbocycles. The van der Waals surface area contributed by atoms with Crippen molar-refractivity contribution in [3.63, 3.8) is 0 Å². The summed E-state index contributed by atoms with van der Waals surface area (Å²) in [5.41, 5.74) is 6.14. The van der Waals surface area contributed by atoms with E-state index in [0.29, 0.717) is 17.9 Å². The highest BCUT2D eigenvalue weighted by molar-refractivity contribution is 5.94. The normalized spacial score (nSPS) is 12.9. The maximum atomic E-state index is 13.1. The first kappa shape index (κ1) is 16.4. The lowest BCUT2D eigenvalue weighted by atomic mass is 9.84. The number of carbonyl (C=O) groups is 1. The minimum atomic E-state index is -0.412. The summed E-state index contributed by atoms with van der Waals surface area (Å²) in [4.78, 5) is 12.2. The van der Waals surface area contributed by atoms with Crippen molar-refractivity contribution < 1.29 is 13.9 Å². The number of halogens is 1. The number of hydrogen-bond acceptors (Lipinski definition) is 3. The molecule has 0 bridgehead atoms. The molecule has 0 radical (unpaired) electrons. The summed E-state index contributed by atoms with van der Waals surface area (Å²) >= 11 is 0. The van der Waals surface area contributed by atoms with Gasteiger partial charge in [0.25, 0.3) is 0 Å². The number of benzene rings is 1. The Morgan fingerprint density at radius 2 is 2.10 bits per heavy atom. The third-order valence-corrected chi connectivity index (χ3v) is 2.94. The van der Waals surface area contributed by atoms with Gasteiger partial charge in [-0.1, -0.05) is 20.8 Å². The zero-order valence-corrected chi connectivity index (χ0v) is 12.5. The summed E-state index contributed by atoms with van der Waals surface area (Å²) < 4.78 is 18.2. The Kier molecular flexibility index (Phi) is 5.51. The van der Waals surface area contributed by atoms with Gasteiger partial charge in [-0.05, 0) is 24.0 Å². The molecule has 0 aliphatic heterocycles. The zero-order chi connectivity index (χ0) is 15.3. The van der Waals surface area contributed by atoms with Crippen LogP contribution in [-0.4, -0.2) is 19.6 Å². The summed E-state index contributed by atoms with van der Waals surface area (Å²) in [6, 6.07) is 3.99. The average Bonchev–Trinajstić information content (AvgIpc) is 2.36. The van der Waals surface area contributed by atoms with Crippen molar-refractivity contribution in [2.45, 2.75) is 27.2 Å². The summed E-state index contributed by atoms with van der Waals surface area (Å²) in [6.07, 6.45) is 0.679. The summed E-state index contributed by atoms with van der Waals surface area (Å²) in [5.74, 6) is -0.577. The SMILES string of the molecule is COc1cc(F)ccc1NC(=O)C(CN)CC(C)(C)C. The van der Waals surface area contributed by atoms with Gasteiger partial charge in [0.2, 0.25) is 5.91 Å². The van der Waals surface area contributed by atoms with Crippen LogP contribution in [0.15, 0.2) is 18.2 Å². The molecule has 1 rings (SSSR count). The molecule has 4 nitrogen and oxygen atoms in total. The molecule has 1 amide bonds. The molecule has 0 heterocycles. The topological polar surface area (TPSA) is 64.3 Å². The Balaban J connectivity index is 2.83. The van der Waals surface area contributed by atoms with Gasteiger partial charge in [-0.2, -0.15) is 0 Å². The maximum Gasteiger partial charge on any atom is 0.228 e. The molecule has 0 saturated carbocycles. The first-order chi connectivity index (χ1) is 9.26. The first-order valence-corrected chi connectivity index (χ1v) is 6.61. The minimum absolute atomic E-state index is 0.00819. The number of carbonyl (C=O) groups excluding carboxylic acids is 1. The molecule has 3 N–H and O–H groups in total. The Bertz CT molecular complexity index is 469. The lowest BCUT2D eigenvalue weighted by Gasteiger charge is -2.24. The molecule has 1 aromatic rings. The molecular weight excluding hydrogens is 259 g/mol. The van der Waals surface area contributed by atoms with Crippen LogP contribution in [-0.2, 0) is 4.79 Å². The van der Waals surface area contributed by atoms with Gasteiger partial charge in [-0.15, -0.1) is 0 Å². The molecule has 0 aliphatic rings. The molecule has 1 unspecified atom stereocenters. The molecular formula is C15H23FN2O2. The monoisotopic (exact) mass is 282 g/mol. The van der Waals surface area contributed by atoms with Crippen molar-refractivity contribution in [1.29, 1.82) is 0 Å². The number of nitrogens with one attached hydrogen (secondary N) is 1. The van der Waals surface area contributed by atoms with Crippen molar-refractivity contribution >= 4 is 11.6 Å². The predicted octanol–water partition coefficient (Wildman–Crippen LogP) is 2.78. The lowest BCUT2D eigenvalue weighted by Crippen LogP contribution is -2.32. The fourth-order valence-electron chi connectivity index (χ4n) is 2.03. The van der Waals surface area contributed by atoms with E-state index in [2.05, 4.69) is 26.1 Å². The van der Waals surface area contributed by atoms with E-state index in [1.54, 1.807) is 0 Å². The second kappa shape index (κ2) is 6.70. The number of ether oxygens (including phenoxy) is 1. The van der Waals surface area contributed by atoms with Crippen LogP contribution in [0.5, 0.6) is 5.75 Å². The Morgan fingerprint density at radius 1 is 1.45 bits per heavy atom. The van der Waals surface area contributed by atoms with Crippen LogP contribution < -0.4 is 15.8 Å². The highest BCUT2D eigenvalue weighted by Gasteiger charge is 2.24. The van der Waals surface area contributed by atoms with Crippen molar-refractivity contribution in [3.8, 4) is 5.75 Å². The van der Waals surface area contributed by atoms with Crippen LogP contribution in [0.2, 0.25) is 0 Å². The molecule has 0 fully saturated rings. The number of nitrogens with two attached hydrogens (primary N) is 1. The van der Waals surface area contributed by atoms with Crippen LogP contribution in [0, 0.1) is 17.2 Å². The van der Waals surface area contributed by atoms with Crippen LogP contribution in [0.3, 0.4) is 0 Å². The van der Waals surface area contributed by atoms with Crippen LogP contribution >= 0.6 is 0 Å². The Morgan fingerprint density at radius 3 is 2.60 bits per heavy atom. The number of anilines is 1. The van der Waals surface area contributed by atoms with E-state index in [1.807, 2.05) is 0 Å². The summed E-state index contributed by atoms with van der Waals surface area (Å²) in [7, 11) is 1.43. The second-order valence-corrected chi connectivity index (χ2v) is 6.03. The molecule has 1 aromatic carbocycles. The molecule has 0 saturated heterocycles. The highest BCUT2D eigenvalue weighted by atomic mass is 19.1. The standard InChI is InChI=1S/C15H23FN2O2/c1-15(2,3)8-10(9-17)14(19)18-12-6-5-11(16)7-13(12)20-4/h5-7,10H,8-9,17H2,1-4H3,(H,18,19). The fraction of sp³-hybridized carbons (Fsp3) is 0.533. The smallest absolute Gasteiger partial charge is 0.228 e. The summed E-state index contributed by atoms with van der Waals surface area (Å²) in [6.45, 7) is 6.44. The van der Waals surface area contributed by atoms with E-state index in [-0.39, 0.29) is 23.8 Å². The predicted molar refractivity (Wildman–Crippen MR) is 78.2 cm³/mol. The van der Waals surface area contributed by atoms with Gasteiger partial charge in [-0.25, -0.2) is 4.39 Å². The van der Waals surface area contributed by atoms with Gasteiger partial charge in [0.05, 0.1) is 18.7 Å². The number of amides is 1. The van der Waals surface area contributed by atoms with E-state index in [4.69, 9.17) is 10.5 Å². The van der Waals surface area contributed by atoms with Crippen LogP contribution in [0.25, 0.3) is 0 Å². The second-order valence-electron chi connectivity index (χ2n) is 6.03. The first-order valence-electron chi connectivity index (χ1n) is 6.61. The van der Waals surface area contributed by atoms with Gasteiger partial charge in [0.1, 0.15) is 11.6 Å². The highest BCUT2D eigenvalue weighted by Crippen LogP contribution is 2.28. The van der Waals surface area contributed by atoms with Gasteiger partial charge >= 0.3 is 0 Å². The molecule has 112 valence electrons. The van der Waals surface area contributed by atoms with E-state index in [0.717, 1.165) is 0 Å². The van der Waals surface area contributed by atoms with Gasteiger partial charge in [0.15, 0.2) is 0 Å². The lowest BCUT2D eigenvalue weighted by molar-refractivity contribution is -0.120. The molecule has 0 spiro atoms. The van der Waals surface area contributed by atoms with Crippen LogP contribution in [0.4, 0.5) is 10.1 Å². The molecule has 20 heavy (non-hydrogen) atoms. The van der Waals surface area contributed by atoms with E-state index in [9.17, 15) is 9.18 Å². The minimum Gasteiger partial charge on any atom is -0.494 e. The van der Waals surface area contributed by atoms with Gasteiger partial charge in [-0.3, -0.25) is 4.79 Å². The number of hydrogen-bond donors (Lipinski definition) is 2. The number of rotatable bonds is 5. The zero-order valence-electron chi connectivity index (χ0n) is 12.5. The maximum absolute atomic E-state index is 13.1. The largest absolute Gasteiger partial charge is 0.494 e. The summed E-state index contributed by atoms with van der Waals surface area (Å²) in [5, 5.41) is 2.75. The van der Waals surface area contributed by atoms with Gasteiger partial charge < -0.3 is 15.8 Å². The van der Waals surface area contributed by atoms with Gasteiger partial charge in [0, 0.05) is 12.6 Å². The van der Waals surface area contributed by atoms with Crippen molar-refractivity contribution in [1.82, 2.24) is 0 Å². The third-order valence-electron chi connectivity index (χ3n) is 2.94. The fourth-order valence-corrected chi connectivity index (χ4v) is 2.03. The Hall–Kier alpha value is -1.62. The van der Waals surface area contributed by atoms with Crippen molar-refractivity contribution in [3.05, 3.63) is 24.0 Å². The average molecular weight is 282 g/mol. The van der Waals surface area contributed by atoms with Crippen LogP contribution in [0.1, 0.15) is 27.2 Å². The molecule has 0 aromatic heterocycles. The molecule has 5 heteroatoms. The third kappa shape index (κ3) is 4.81. The van der Waals surface area contributed by atoms with Crippen molar-refractivity contribution in [2.75, 3.05) is 19.0 Å².